The Kier molecular flexibility index (Phi) is 10.3. The van der Waals surface area contributed by atoms with Crippen LogP contribution in [0.3, 0.4) is 0 Å². The van der Waals surface area contributed by atoms with Crippen LogP contribution in [0.25, 0.3) is 44.1 Å². The number of halogens is 2. The molecule has 5 heteroatoms. The van der Waals surface area contributed by atoms with Crippen molar-refractivity contribution in [3.05, 3.63) is 129 Å². The van der Waals surface area contributed by atoms with E-state index in [1.165, 1.54) is 0 Å². The summed E-state index contributed by atoms with van der Waals surface area (Å²) in [6.07, 6.45) is 1.57. The standard InChI is InChI=1S/C43H42Br2N2O/c1-25(2)21-37-39(41(29-13-9-7-10-14-29)33-23-31(44)17-19-35(33)46-37)27(5)43(48)28(6)40-38(22-26(3)4)47-36-20-18-32(45)24-34(36)42(40)30-15-11-8-12-16-30/h7-20,23-28H,21-22H2,1-6H3. The van der Waals surface area contributed by atoms with E-state index in [2.05, 4.69) is 146 Å². The zero-order chi connectivity index (χ0) is 34.1. The molecule has 0 bridgehead atoms. The van der Waals surface area contributed by atoms with Crippen molar-refractivity contribution in [3.8, 4) is 22.3 Å². The molecule has 0 radical (unpaired) electrons. The second-order valence-corrected chi connectivity index (χ2v) is 15.6. The van der Waals surface area contributed by atoms with Gasteiger partial charge in [-0.25, -0.2) is 0 Å². The fourth-order valence-electron chi connectivity index (χ4n) is 7.11. The Bertz CT molecular complexity index is 1960. The lowest BCUT2D eigenvalue weighted by Crippen LogP contribution is -2.22. The van der Waals surface area contributed by atoms with Crippen LogP contribution in [0.2, 0.25) is 0 Å². The Morgan fingerprint density at radius 2 is 0.938 bits per heavy atom. The molecule has 0 N–H and O–H groups in total. The molecule has 2 unspecified atom stereocenters. The van der Waals surface area contributed by atoms with Crippen LogP contribution in [-0.2, 0) is 17.6 Å². The number of carbonyl (C=O) groups excluding carboxylic acids is 1. The van der Waals surface area contributed by atoms with Crippen molar-refractivity contribution in [3.63, 3.8) is 0 Å². The normalized spacial score (nSPS) is 13.0. The SMILES string of the molecule is CC(C)Cc1nc2ccc(Br)cc2c(-c2ccccc2)c1C(C)C(=O)C(C)c1c(CC(C)C)nc2ccc(Br)cc2c1-c1ccccc1. The zero-order valence-electron chi connectivity index (χ0n) is 28.5. The van der Waals surface area contributed by atoms with E-state index in [4.69, 9.17) is 9.97 Å². The molecule has 0 aliphatic heterocycles. The lowest BCUT2D eigenvalue weighted by molar-refractivity contribution is -0.121. The van der Waals surface area contributed by atoms with Crippen LogP contribution in [-0.4, -0.2) is 15.8 Å². The van der Waals surface area contributed by atoms with Gasteiger partial charge in [0.15, 0.2) is 0 Å². The number of rotatable bonds is 10. The van der Waals surface area contributed by atoms with E-state index < -0.39 is 11.8 Å². The highest BCUT2D eigenvalue weighted by Gasteiger charge is 2.33. The highest BCUT2D eigenvalue weighted by atomic mass is 79.9. The van der Waals surface area contributed by atoms with Crippen molar-refractivity contribution in [1.29, 1.82) is 0 Å². The van der Waals surface area contributed by atoms with Crippen LogP contribution in [0.5, 0.6) is 0 Å². The molecule has 2 aromatic heterocycles. The quantitative estimate of drug-likeness (QED) is 0.140. The summed E-state index contributed by atoms with van der Waals surface area (Å²) in [5.74, 6) is 0.102. The van der Waals surface area contributed by atoms with Gasteiger partial charge in [-0.05, 0) is 94.5 Å². The molecule has 3 nitrogen and oxygen atoms in total. The third kappa shape index (κ3) is 6.91. The summed E-state index contributed by atoms with van der Waals surface area (Å²) in [4.78, 5) is 25.7. The molecule has 0 aliphatic rings. The Hall–Kier alpha value is -3.67. The van der Waals surface area contributed by atoms with Crippen LogP contribution in [0.1, 0.15) is 75.9 Å². The number of fused-ring (bicyclic) bond motifs is 2. The Balaban J connectivity index is 1.62. The largest absolute Gasteiger partial charge is 0.298 e. The fraction of sp³-hybridized carbons (Fsp3) is 0.279. The maximum Gasteiger partial charge on any atom is 0.147 e. The minimum atomic E-state index is -0.409. The van der Waals surface area contributed by atoms with Crippen molar-refractivity contribution >= 4 is 59.4 Å². The van der Waals surface area contributed by atoms with Gasteiger partial charge in [0.25, 0.3) is 0 Å². The number of ketones is 1. The summed E-state index contributed by atoms with van der Waals surface area (Å²) < 4.78 is 1.98. The highest BCUT2D eigenvalue weighted by Crippen LogP contribution is 2.44. The molecule has 0 spiro atoms. The van der Waals surface area contributed by atoms with E-state index in [0.717, 1.165) is 88.4 Å². The molecule has 6 aromatic rings. The van der Waals surface area contributed by atoms with Crippen molar-refractivity contribution in [1.82, 2.24) is 9.97 Å². The lowest BCUT2D eigenvalue weighted by Gasteiger charge is -2.27. The molecule has 6 rings (SSSR count). The van der Waals surface area contributed by atoms with Crippen molar-refractivity contribution in [2.24, 2.45) is 11.8 Å². The maximum absolute atomic E-state index is 15.2. The van der Waals surface area contributed by atoms with Crippen LogP contribution in [0, 0.1) is 11.8 Å². The van der Waals surface area contributed by atoms with Crippen LogP contribution < -0.4 is 0 Å². The van der Waals surface area contributed by atoms with Gasteiger partial charge in [0, 0.05) is 42.9 Å². The zero-order valence-corrected chi connectivity index (χ0v) is 31.7. The van der Waals surface area contributed by atoms with E-state index in [0.29, 0.717) is 11.8 Å². The van der Waals surface area contributed by atoms with Crippen LogP contribution in [0.15, 0.2) is 106 Å². The summed E-state index contributed by atoms with van der Waals surface area (Å²) in [6, 6.07) is 33.5. The van der Waals surface area contributed by atoms with E-state index >= 15 is 4.79 Å². The number of hydrogen-bond donors (Lipinski definition) is 0. The van der Waals surface area contributed by atoms with Gasteiger partial charge in [-0.2, -0.15) is 0 Å². The highest BCUT2D eigenvalue weighted by molar-refractivity contribution is 9.10. The molecule has 0 fully saturated rings. The number of Topliss-reactive ketones (excluding diaryl/α,β-unsaturated/α-hetero) is 1. The first-order valence-electron chi connectivity index (χ1n) is 16.9. The maximum atomic E-state index is 15.2. The van der Waals surface area contributed by atoms with Gasteiger partial charge in [-0.15, -0.1) is 0 Å². The van der Waals surface area contributed by atoms with Gasteiger partial charge < -0.3 is 0 Å². The average Bonchev–Trinajstić information content (AvgIpc) is 3.06. The van der Waals surface area contributed by atoms with Crippen molar-refractivity contribution < 1.29 is 4.79 Å². The number of nitrogens with zero attached hydrogens (tertiary/aromatic N) is 2. The monoisotopic (exact) mass is 760 g/mol. The minimum Gasteiger partial charge on any atom is -0.298 e. The van der Waals surface area contributed by atoms with Crippen LogP contribution in [0.4, 0.5) is 0 Å². The molecule has 0 saturated carbocycles. The van der Waals surface area contributed by atoms with E-state index in [1.807, 2.05) is 24.3 Å². The summed E-state index contributed by atoms with van der Waals surface area (Å²) in [5, 5.41) is 2.10. The van der Waals surface area contributed by atoms with Gasteiger partial charge in [0.2, 0.25) is 0 Å². The minimum absolute atomic E-state index is 0.173. The Morgan fingerprint density at radius 1 is 0.562 bits per heavy atom. The summed E-state index contributed by atoms with van der Waals surface area (Å²) in [5.41, 5.74) is 10.3. The predicted octanol–water partition coefficient (Wildman–Crippen LogP) is 12.5. The molecule has 2 heterocycles. The summed E-state index contributed by atoms with van der Waals surface area (Å²) in [7, 11) is 0. The number of carbonyl (C=O) groups is 1. The molecule has 48 heavy (non-hydrogen) atoms. The second-order valence-electron chi connectivity index (χ2n) is 13.8. The van der Waals surface area contributed by atoms with Gasteiger partial charge in [0.1, 0.15) is 5.78 Å². The van der Waals surface area contributed by atoms with Gasteiger partial charge >= 0.3 is 0 Å². The van der Waals surface area contributed by atoms with Gasteiger partial charge in [-0.3, -0.25) is 14.8 Å². The predicted molar refractivity (Wildman–Crippen MR) is 209 cm³/mol. The first-order valence-corrected chi connectivity index (χ1v) is 18.5. The molecule has 4 aromatic carbocycles. The second kappa shape index (κ2) is 14.4. The first kappa shape index (κ1) is 34.2. The molecular weight excluding hydrogens is 720 g/mol. The first-order chi connectivity index (χ1) is 23.0. The third-order valence-electron chi connectivity index (χ3n) is 9.17. The summed E-state index contributed by atoms with van der Waals surface area (Å²) >= 11 is 7.44. The summed E-state index contributed by atoms with van der Waals surface area (Å²) in [6.45, 7) is 13.1. The van der Waals surface area contributed by atoms with E-state index in [1.54, 1.807) is 0 Å². The fourth-order valence-corrected chi connectivity index (χ4v) is 7.83. The van der Waals surface area contributed by atoms with Gasteiger partial charge in [-0.1, -0.05) is 134 Å². The van der Waals surface area contributed by atoms with E-state index in [-0.39, 0.29) is 5.78 Å². The molecule has 0 aliphatic carbocycles. The number of pyridine rings is 2. The molecular formula is C43H42Br2N2O. The lowest BCUT2D eigenvalue weighted by atomic mass is 9.77. The van der Waals surface area contributed by atoms with E-state index in [9.17, 15) is 0 Å². The number of benzene rings is 4. The molecule has 244 valence electrons. The van der Waals surface area contributed by atoms with Gasteiger partial charge in [0.05, 0.1) is 11.0 Å². The number of aromatic nitrogens is 2. The molecule has 2 atom stereocenters. The molecule has 0 amide bonds. The van der Waals surface area contributed by atoms with Crippen molar-refractivity contribution in [2.45, 2.75) is 66.2 Å². The third-order valence-corrected chi connectivity index (χ3v) is 10.2. The number of hydrogen-bond acceptors (Lipinski definition) is 3. The van der Waals surface area contributed by atoms with Crippen LogP contribution >= 0.6 is 31.9 Å². The topological polar surface area (TPSA) is 42.9 Å². The smallest absolute Gasteiger partial charge is 0.147 e. The Morgan fingerprint density at radius 3 is 1.29 bits per heavy atom. The Labute approximate surface area is 301 Å². The van der Waals surface area contributed by atoms with Crippen molar-refractivity contribution in [2.75, 3.05) is 0 Å². The average molecular weight is 763 g/mol. The molecule has 0 saturated heterocycles.